The Morgan fingerprint density at radius 1 is 1.38 bits per heavy atom. The second-order valence-corrected chi connectivity index (χ2v) is 5.24. The van der Waals surface area contributed by atoms with Crippen molar-refractivity contribution in [1.29, 1.82) is 0 Å². The molecule has 1 heterocycles. The van der Waals surface area contributed by atoms with Gasteiger partial charge in [0.15, 0.2) is 0 Å². The molecule has 4 heteroatoms. The highest BCUT2D eigenvalue weighted by Crippen LogP contribution is 2.36. The van der Waals surface area contributed by atoms with E-state index in [1.807, 2.05) is 6.92 Å². The summed E-state index contributed by atoms with van der Waals surface area (Å²) in [5, 5.41) is 0. The number of aromatic nitrogens is 2. The number of aryl methyl sites for hydroxylation is 2. The molecule has 0 saturated carbocycles. The van der Waals surface area contributed by atoms with Gasteiger partial charge in [0, 0.05) is 12.1 Å². The van der Waals surface area contributed by atoms with Crippen LogP contribution >= 0.6 is 0 Å². The van der Waals surface area contributed by atoms with E-state index in [0.717, 1.165) is 18.7 Å². The predicted molar refractivity (Wildman–Crippen MR) is 79.3 cm³/mol. The molecule has 0 fully saturated rings. The van der Waals surface area contributed by atoms with Crippen LogP contribution in [-0.2, 0) is 11.2 Å². The van der Waals surface area contributed by atoms with E-state index >= 15 is 0 Å². The van der Waals surface area contributed by atoms with E-state index in [4.69, 9.17) is 4.74 Å². The number of carbonyl (C=O) groups is 1. The van der Waals surface area contributed by atoms with Crippen molar-refractivity contribution in [1.82, 2.24) is 9.97 Å². The van der Waals surface area contributed by atoms with Crippen molar-refractivity contribution in [3.8, 4) is 0 Å². The Bertz CT molecular complexity index is 682. The second kappa shape index (κ2) is 5.64. The van der Waals surface area contributed by atoms with Gasteiger partial charge in [-0.25, -0.2) is 14.8 Å². The first kappa shape index (κ1) is 13.7. The summed E-state index contributed by atoms with van der Waals surface area (Å²) in [6.07, 6.45) is 3.68. The van der Waals surface area contributed by atoms with Gasteiger partial charge < -0.3 is 4.74 Å². The number of esters is 1. The van der Waals surface area contributed by atoms with E-state index in [1.54, 1.807) is 13.1 Å². The lowest BCUT2D eigenvalue weighted by molar-refractivity contribution is 0.0524. The van der Waals surface area contributed by atoms with Crippen LogP contribution in [0.1, 0.15) is 52.3 Å². The number of nitrogens with zero attached hydrogens (tertiary/aromatic N) is 2. The Morgan fingerprint density at radius 2 is 2.19 bits per heavy atom. The molecule has 1 unspecified atom stereocenters. The minimum Gasteiger partial charge on any atom is -0.462 e. The molecule has 4 nitrogen and oxygen atoms in total. The molecule has 108 valence electrons. The lowest BCUT2D eigenvalue weighted by atomic mass is 10.0. The van der Waals surface area contributed by atoms with Gasteiger partial charge in [-0.1, -0.05) is 24.3 Å². The number of rotatable bonds is 3. The molecular formula is C17H18N2O2. The van der Waals surface area contributed by atoms with Gasteiger partial charge in [0.1, 0.15) is 5.82 Å². The fraction of sp³-hybridized carbons (Fsp3) is 0.353. The molecule has 1 aliphatic rings. The minimum atomic E-state index is -0.353. The fourth-order valence-electron chi connectivity index (χ4n) is 2.89. The highest BCUT2D eigenvalue weighted by molar-refractivity contribution is 5.90. The average molecular weight is 282 g/mol. The predicted octanol–water partition coefficient (Wildman–Crippen LogP) is 3.04. The molecule has 0 bridgehead atoms. The summed E-state index contributed by atoms with van der Waals surface area (Å²) in [6, 6.07) is 8.42. The molecule has 3 rings (SSSR count). The van der Waals surface area contributed by atoms with Crippen LogP contribution in [0.25, 0.3) is 0 Å². The maximum Gasteiger partial charge on any atom is 0.341 e. The smallest absolute Gasteiger partial charge is 0.341 e. The van der Waals surface area contributed by atoms with Crippen molar-refractivity contribution in [3.05, 3.63) is 58.7 Å². The number of hydrogen-bond acceptors (Lipinski definition) is 4. The molecular weight excluding hydrogens is 264 g/mol. The molecule has 0 spiro atoms. The van der Waals surface area contributed by atoms with Crippen molar-refractivity contribution < 1.29 is 9.53 Å². The van der Waals surface area contributed by atoms with E-state index in [0.29, 0.717) is 17.9 Å². The van der Waals surface area contributed by atoms with Crippen molar-refractivity contribution in [2.45, 2.75) is 32.6 Å². The maximum absolute atomic E-state index is 11.8. The van der Waals surface area contributed by atoms with Gasteiger partial charge in [-0.15, -0.1) is 0 Å². The van der Waals surface area contributed by atoms with Crippen LogP contribution in [0.3, 0.4) is 0 Å². The molecule has 2 aromatic rings. The molecule has 0 radical (unpaired) electrons. The standard InChI is InChI=1S/C17H18N2O2/c1-3-21-17(20)15-10-18-16(19-11(15)2)14-9-8-12-6-4-5-7-13(12)14/h4-7,10,14H,3,8-9H2,1-2H3. The topological polar surface area (TPSA) is 52.1 Å². The number of carbonyl (C=O) groups excluding carboxylic acids is 1. The zero-order valence-corrected chi connectivity index (χ0v) is 12.3. The third-order valence-electron chi connectivity index (χ3n) is 3.94. The van der Waals surface area contributed by atoms with Gasteiger partial charge in [-0.2, -0.15) is 0 Å². The zero-order valence-electron chi connectivity index (χ0n) is 12.3. The van der Waals surface area contributed by atoms with Crippen LogP contribution in [0, 0.1) is 6.92 Å². The largest absolute Gasteiger partial charge is 0.462 e. The van der Waals surface area contributed by atoms with Crippen molar-refractivity contribution >= 4 is 5.97 Å². The van der Waals surface area contributed by atoms with Crippen LogP contribution in [-0.4, -0.2) is 22.5 Å². The fourth-order valence-corrected chi connectivity index (χ4v) is 2.89. The molecule has 1 atom stereocenters. The van der Waals surface area contributed by atoms with Crippen LogP contribution in [0.15, 0.2) is 30.5 Å². The monoisotopic (exact) mass is 282 g/mol. The minimum absolute atomic E-state index is 0.233. The van der Waals surface area contributed by atoms with Crippen molar-refractivity contribution in [3.63, 3.8) is 0 Å². The first-order chi connectivity index (χ1) is 10.2. The molecule has 1 aromatic carbocycles. The van der Waals surface area contributed by atoms with Gasteiger partial charge in [0.2, 0.25) is 0 Å². The van der Waals surface area contributed by atoms with Gasteiger partial charge in [-0.3, -0.25) is 0 Å². The summed E-state index contributed by atoms with van der Waals surface area (Å²) in [7, 11) is 0. The van der Waals surface area contributed by atoms with E-state index in [1.165, 1.54) is 11.1 Å². The summed E-state index contributed by atoms with van der Waals surface area (Å²) < 4.78 is 5.01. The van der Waals surface area contributed by atoms with Gasteiger partial charge >= 0.3 is 5.97 Å². The quantitative estimate of drug-likeness (QED) is 0.812. The zero-order chi connectivity index (χ0) is 14.8. The van der Waals surface area contributed by atoms with Crippen LogP contribution in [0.4, 0.5) is 0 Å². The van der Waals surface area contributed by atoms with Crippen LogP contribution in [0.5, 0.6) is 0 Å². The Labute approximate surface area is 124 Å². The van der Waals surface area contributed by atoms with Crippen LogP contribution in [0.2, 0.25) is 0 Å². The number of ether oxygens (including phenoxy) is 1. The van der Waals surface area contributed by atoms with E-state index < -0.39 is 0 Å². The Morgan fingerprint density at radius 3 is 2.95 bits per heavy atom. The molecule has 0 N–H and O–H groups in total. The summed E-state index contributed by atoms with van der Waals surface area (Å²) in [4.78, 5) is 20.8. The first-order valence-corrected chi connectivity index (χ1v) is 7.29. The summed E-state index contributed by atoms with van der Waals surface area (Å²) in [5.41, 5.74) is 3.81. The van der Waals surface area contributed by atoms with Crippen LogP contribution < -0.4 is 0 Å². The Balaban J connectivity index is 1.92. The van der Waals surface area contributed by atoms with Gasteiger partial charge in [0.25, 0.3) is 0 Å². The number of fused-ring (bicyclic) bond motifs is 1. The molecule has 0 saturated heterocycles. The lowest BCUT2D eigenvalue weighted by Crippen LogP contribution is -2.12. The Hall–Kier alpha value is -2.23. The molecule has 1 aromatic heterocycles. The maximum atomic E-state index is 11.8. The van der Waals surface area contributed by atoms with E-state index in [-0.39, 0.29) is 11.9 Å². The van der Waals surface area contributed by atoms with Crippen molar-refractivity contribution in [2.75, 3.05) is 6.61 Å². The summed E-state index contributed by atoms with van der Waals surface area (Å²) >= 11 is 0. The summed E-state index contributed by atoms with van der Waals surface area (Å²) in [5.74, 6) is 0.676. The molecule has 21 heavy (non-hydrogen) atoms. The Kier molecular flexibility index (Phi) is 3.69. The number of hydrogen-bond donors (Lipinski definition) is 0. The van der Waals surface area contributed by atoms with Gasteiger partial charge in [0.05, 0.1) is 17.9 Å². The van der Waals surface area contributed by atoms with Crippen molar-refractivity contribution in [2.24, 2.45) is 0 Å². The normalized spacial score (nSPS) is 16.6. The highest BCUT2D eigenvalue weighted by Gasteiger charge is 2.26. The van der Waals surface area contributed by atoms with E-state index in [9.17, 15) is 4.79 Å². The first-order valence-electron chi connectivity index (χ1n) is 7.29. The average Bonchev–Trinajstić information content (AvgIpc) is 2.91. The molecule has 0 aliphatic heterocycles. The third kappa shape index (κ3) is 2.53. The summed E-state index contributed by atoms with van der Waals surface area (Å²) in [6.45, 7) is 3.98. The highest BCUT2D eigenvalue weighted by atomic mass is 16.5. The second-order valence-electron chi connectivity index (χ2n) is 5.24. The number of benzene rings is 1. The van der Waals surface area contributed by atoms with Gasteiger partial charge in [-0.05, 0) is 37.8 Å². The molecule has 1 aliphatic carbocycles. The van der Waals surface area contributed by atoms with E-state index in [2.05, 4.69) is 34.2 Å². The molecule has 0 amide bonds. The lowest BCUT2D eigenvalue weighted by Gasteiger charge is -2.12. The SMILES string of the molecule is CCOC(=O)c1cnc(C2CCc3ccccc32)nc1C. The third-order valence-corrected chi connectivity index (χ3v) is 3.94.